The summed E-state index contributed by atoms with van der Waals surface area (Å²) >= 11 is 0. The first-order chi connectivity index (χ1) is 11.6. The first-order valence-corrected chi connectivity index (χ1v) is 10.9. The molecule has 1 aromatic carbocycles. The van der Waals surface area contributed by atoms with Gasteiger partial charge in [0.2, 0.25) is 7.37 Å². The zero-order chi connectivity index (χ0) is 17.7. The third-order valence-corrected chi connectivity index (χ3v) is 6.32. The van der Waals surface area contributed by atoms with Crippen LogP contribution in [0.1, 0.15) is 58.8 Å². The second kappa shape index (κ2) is 12.3. The van der Waals surface area contributed by atoms with E-state index in [1.807, 2.05) is 30.3 Å². The number of rotatable bonds is 13. The van der Waals surface area contributed by atoms with Crippen LogP contribution in [0.25, 0.3) is 0 Å². The predicted molar refractivity (Wildman–Crippen MR) is 99.1 cm³/mol. The van der Waals surface area contributed by atoms with E-state index >= 15 is 0 Å². The highest BCUT2D eigenvalue weighted by molar-refractivity contribution is 7.67. The van der Waals surface area contributed by atoms with Gasteiger partial charge in [0.15, 0.2) is 0 Å². The standard InChI is InChI=1S/C19H31O4P/c1-3-5-10-15-22-19(20)14-17-24(21,23-16-11-6-4-2)18-12-8-7-9-13-18/h7-9,12-13H,3-6,10-11,14-17H2,1-2H3. The lowest BCUT2D eigenvalue weighted by molar-refractivity contribution is -0.143. The molecule has 5 heteroatoms. The molecule has 0 bridgehead atoms. The molecule has 136 valence electrons. The molecule has 0 saturated carbocycles. The van der Waals surface area contributed by atoms with Gasteiger partial charge in [-0.05, 0) is 25.0 Å². The lowest BCUT2D eigenvalue weighted by atomic mass is 10.3. The highest BCUT2D eigenvalue weighted by Gasteiger charge is 2.27. The topological polar surface area (TPSA) is 52.6 Å². The van der Waals surface area contributed by atoms with Gasteiger partial charge in [-0.3, -0.25) is 9.36 Å². The first kappa shape index (κ1) is 20.9. The van der Waals surface area contributed by atoms with Crippen LogP contribution in [-0.4, -0.2) is 25.3 Å². The molecule has 24 heavy (non-hydrogen) atoms. The van der Waals surface area contributed by atoms with E-state index in [1.54, 1.807) is 0 Å². The Morgan fingerprint density at radius 2 is 1.58 bits per heavy atom. The molecule has 0 spiro atoms. The van der Waals surface area contributed by atoms with Crippen molar-refractivity contribution in [2.45, 2.75) is 58.8 Å². The Labute approximate surface area is 146 Å². The van der Waals surface area contributed by atoms with Crippen molar-refractivity contribution >= 4 is 18.6 Å². The SMILES string of the molecule is CCCCCOC(=O)CCP(=O)(OCCCCC)c1ccccc1. The van der Waals surface area contributed by atoms with Crippen LogP contribution in [-0.2, 0) is 18.6 Å². The Bertz CT molecular complexity index is 501. The van der Waals surface area contributed by atoms with E-state index in [0.717, 1.165) is 38.5 Å². The summed E-state index contributed by atoms with van der Waals surface area (Å²) < 4.78 is 24.2. The molecule has 0 fully saturated rings. The highest BCUT2D eigenvalue weighted by Crippen LogP contribution is 2.46. The molecule has 0 aromatic heterocycles. The van der Waals surface area contributed by atoms with E-state index in [-0.39, 0.29) is 18.6 Å². The summed E-state index contributed by atoms with van der Waals surface area (Å²) in [5.41, 5.74) is 0. The monoisotopic (exact) mass is 354 g/mol. The summed E-state index contributed by atoms with van der Waals surface area (Å²) in [6, 6.07) is 9.20. The zero-order valence-electron chi connectivity index (χ0n) is 15.0. The molecule has 0 saturated heterocycles. The highest BCUT2D eigenvalue weighted by atomic mass is 31.2. The van der Waals surface area contributed by atoms with E-state index in [2.05, 4.69) is 13.8 Å². The van der Waals surface area contributed by atoms with Crippen molar-refractivity contribution < 1.29 is 18.6 Å². The summed E-state index contributed by atoms with van der Waals surface area (Å²) in [6.45, 7) is 5.13. The maximum absolute atomic E-state index is 13.2. The maximum Gasteiger partial charge on any atom is 0.306 e. The van der Waals surface area contributed by atoms with E-state index < -0.39 is 7.37 Å². The minimum absolute atomic E-state index is 0.131. The van der Waals surface area contributed by atoms with Gasteiger partial charge in [-0.1, -0.05) is 57.7 Å². The Kier molecular flexibility index (Phi) is 10.7. The third-order valence-electron chi connectivity index (χ3n) is 3.82. The number of benzene rings is 1. The molecule has 0 radical (unpaired) electrons. The predicted octanol–water partition coefficient (Wildman–Crippen LogP) is 4.92. The molecule has 1 rings (SSSR count). The molecular formula is C19H31O4P. The minimum atomic E-state index is -3.01. The fraction of sp³-hybridized carbons (Fsp3) is 0.632. The molecule has 4 nitrogen and oxygen atoms in total. The number of carbonyl (C=O) groups is 1. The van der Waals surface area contributed by atoms with Gasteiger partial charge in [-0.15, -0.1) is 0 Å². The summed E-state index contributed by atoms with van der Waals surface area (Å²) in [5, 5.41) is 0.681. The van der Waals surface area contributed by atoms with Crippen LogP contribution < -0.4 is 5.30 Å². The van der Waals surface area contributed by atoms with Crippen LogP contribution in [0.2, 0.25) is 0 Å². The lowest BCUT2D eigenvalue weighted by Crippen LogP contribution is -2.15. The van der Waals surface area contributed by atoms with Crippen LogP contribution >= 0.6 is 7.37 Å². The van der Waals surface area contributed by atoms with Gasteiger partial charge < -0.3 is 9.26 Å². The van der Waals surface area contributed by atoms with Crippen molar-refractivity contribution in [3.8, 4) is 0 Å². The molecule has 1 unspecified atom stereocenters. The fourth-order valence-electron chi connectivity index (χ4n) is 2.34. The van der Waals surface area contributed by atoms with E-state index in [9.17, 15) is 9.36 Å². The van der Waals surface area contributed by atoms with Crippen molar-refractivity contribution in [1.29, 1.82) is 0 Å². The van der Waals surface area contributed by atoms with Crippen molar-refractivity contribution in [2.24, 2.45) is 0 Å². The minimum Gasteiger partial charge on any atom is -0.466 e. The van der Waals surface area contributed by atoms with E-state index in [4.69, 9.17) is 9.26 Å². The average molecular weight is 354 g/mol. The molecule has 0 amide bonds. The van der Waals surface area contributed by atoms with Gasteiger partial charge in [0, 0.05) is 11.5 Å². The van der Waals surface area contributed by atoms with Crippen molar-refractivity contribution in [1.82, 2.24) is 0 Å². The first-order valence-electron chi connectivity index (χ1n) is 9.07. The fourth-order valence-corrected chi connectivity index (χ4v) is 4.40. The van der Waals surface area contributed by atoms with Crippen molar-refractivity contribution in [2.75, 3.05) is 19.4 Å². The number of unbranched alkanes of at least 4 members (excludes halogenated alkanes) is 4. The summed E-state index contributed by atoms with van der Waals surface area (Å²) in [5.74, 6) is -0.292. The van der Waals surface area contributed by atoms with Crippen LogP contribution in [0, 0.1) is 0 Å². The number of hydrogen-bond acceptors (Lipinski definition) is 4. The average Bonchev–Trinajstić information content (AvgIpc) is 2.61. The Morgan fingerprint density at radius 1 is 0.958 bits per heavy atom. The largest absolute Gasteiger partial charge is 0.466 e. The quantitative estimate of drug-likeness (QED) is 0.287. The molecule has 0 aliphatic heterocycles. The number of ether oxygens (including phenoxy) is 1. The second-order valence-corrected chi connectivity index (χ2v) is 8.52. The molecule has 1 atom stereocenters. The number of esters is 1. The van der Waals surface area contributed by atoms with E-state index in [0.29, 0.717) is 18.5 Å². The van der Waals surface area contributed by atoms with Gasteiger partial charge in [0.1, 0.15) is 0 Å². The Hall–Kier alpha value is -1.12. The molecule has 0 N–H and O–H groups in total. The van der Waals surface area contributed by atoms with Crippen LogP contribution in [0.3, 0.4) is 0 Å². The van der Waals surface area contributed by atoms with Crippen LogP contribution in [0.15, 0.2) is 30.3 Å². The van der Waals surface area contributed by atoms with Gasteiger partial charge in [-0.25, -0.2) is 0 Å². The molecule has 0 aliphatic rings. The third kappa shape index (κ3) is 8.12. The Morgan fingerprint density at radius 3 is 2.21 bits per heavy atom. The molecule has 0 heterocycles. The van der Waals surface area contributed by atoms with Gasteiger partial charge in [-0.2, -0.15) is 0 Å². The number of carbonyl (C=O) groups excluding carboxylic acids is 1. The van der Waals surface area contributed by atoms with Crippen LogP contribution in [0.4, 0.5) is 0 Å². The number of hydrogen-bond donors (Lipinski definition) is 0. The van der Waals surface area contributed by atoms with Gasteiger partial charge in [0.05, 0.1) is 19.6 Å². The van der Waals surface area contributed by atoms with Gasteiger partial charge >= 0.3 is 5.97 Å². The molecular weight excluding hydrogens is 323 g/mol. The maximum atomic E-state index is 13.2. The lowest BCUT2D eigenvalue weighted by Gasteiger charge is -2.19. The van der Waals surface area contributed by atoms with Crippen LogP contribution in [0.5, 0.6) is 0 Å². The zero-order valence-corrected chi connectivity index (χ0v) is 15.9. The summed E-state index contributed by atoms with van der Waals surface area (Å²) in [4.78, 5) is 11.9. The smallest absolute Gasteiger partial charge is 0.306 e. The van der Waals surface area contributed by atoms with Gasteiger partial charge in [0.25, 0.3) is 0 Å². The van der Waals surface area contributed by atoms with E-state index in [1.165, 1.54) is 0 Å². The second-order valence-electron chi connectivity index (χ2n) is 5.95. The van der Waals surface area contributed by atoms with Crippen molar-refractivity contribution in [3.63, 3.8) is 0 Å². The summed E-state index contributed by atoms with van der Waals surface area (Å²) in [7, 11) is -3.01. The summed E-state index contributed by atoms with van der Waals surface area (Å²) in [6.07, 6.45) is 6.38. The normalized spacial score (nSPS) is 13.4. The Balaban J connectivity index is 2.56. The molecule has 1 aromatic rings. The molecule has 0 aliphatic carbocycles. The van der Waals surface area contributed by atoms with Crippen molar-refractivity contribution in [3.05, 3.63) is 30.3 Å².